The van der Waals surface area contributed by atoms with E-state index < -0.39 is 11.8 Å². The van der Waals surface area contributed by atoms with Crippen molar-refractivity contribution in [3.05, 3.63) is 23.3 Å². The number of benzene rings is 1. The molecule has 2 heterocycles. The van der Waals surface area contributed by atoms with Gasteiger partial charge in [0, 0.05) is 26.2 Å². The van der Waals surface area contributed by atoms with Crippen LogP contribution in [0.2, 0.25) is 0 Å². The second-order valence-corrected chi connectivity index (χ2v) is 6.30. The molecule has 7 nitrogen and oxygen atoms in total. The van der Waals surface area contributed by atoms with Crippen LogP contribution in [0.5, 0.6) is 11.5 Å². The molecular weight excluding hydrogens is 324 g/mol. The van der Waals surface area contributed by atoms with Gasteiger partial charge in [-0.1, -0.05) is 0 Å². The molecule has 1 unspecified atom stereocenters. The minimum absolute atomic E-state index is 0.0237. The first-order valence-corrected chi connectivity index (χ1v) is 8.55. The Morgan fingerprint density at radius 2 is 1.96 bits per heavy atom. The van der Waals surface area contributed by atoms with Gasteiger partial charge in [0.2, 0.25) is 0 Å². The van der Waals surface area contributed by atoms with Crippen molar-refractivity contribution in [1.82, 2.24) is 10.2 Å². The Balaban J connectivity index is 1.62. The zero-order valence-electron chi connectivity index (χ0n) is 14.7. The molecular formula is C18H24N2O5. The van der Waals surface area contributed by atoms with Crippen molar-refractivity contribution >= 4 is 11.8 Å². The fourth-order valence-corrected chi connectivity index (χ4v) is 3.29. The number of hydrogen-bond donors (Lipinski definition) is 1. The molecule has 0 aliphatic carbocycles. The number of rotatable bonds is 4. The third-order valence-corrected chi connectivity index (χ3v) is 4.71. The molecule has 1 saturated heterocycles. The molecule has 0 aromatic heterocycles. The normalized spacial score (nSPS) is 19.3. The van der Waals surface area contributed by atoms with Gasteiger partial charge < -0.3 is 24.4 Å². The van der Waals surface area contributed by atoms with Gasteiger partial charge in [0.1, 0.15) is 0 Å². The molecule has 0 radical (unpaired) electrons. The van der Waals surface area contributed by atoms with Gasteiger partial charge in [-0.3, -0.25) is 9.59 Å². The molecule has 1 N–H and O–H groups in total. The first-order valence-electron chi connectivity index (χ1n) is 8.55. The van der Waals surface area contributed by atoms with Gasteiger partial charge in [-0.2, -0.15) is 0 Å². The van der Waals surface area contributed by atoms with Crippen LogP contribution < -0.4 is 14.8 Å². The first-order chi connectivity index (χ1) is 12.1. The predicted octanol–water partition coefficient (Wildman–Crippen LogP) is 0.884. The summed E-state index contributed by atoms with van der Waals surface area (Å²) in [6.45, 7) is 2.01. The lowest BCUT2D eigenvalue weighted by molar-refractivity contribution is -0.146. The number of nitrogens with one attached hydrogen (secondary N) is 1. The van der Waals surface area contributed by atoms with E-state index in [4.69, 9.17) is 14.2 Å². The number of carbonyl (C=O) groups is 2. The maximum atomic E-state index is 12.4. The van der Waals surface area contributed by atoms with Gasteiger partial charge in [-0.25, -0.2) is 0 Å². The standard InChI is InChI=1S/C18H24N2O5/c1-23-15-8-12-5-6-20(11-13(12)9-16(15)24-2)18(22)17(21)19-10-14-4-3-7-25-14/h8-9,14H,3-7,10-11H2,1-2H3,(H,19,21). The second kappa shape index (κ2) is 7.74. The Morgan fingerprint density at radius 3 is 2.60 bits per heavy atom. The van der Waals surface area contributed by atoms with Crippen LogP contribution in [0, 0.1) is 0 Å². The number of amides is 2. The Kier molecular flexibility index (Phi) is 5.43. The van der Waals surface area contributed by atoms with E-state index in [2.05, 4.69) is 5.32 Å². The Morgan fingerprint density at radius 1 is 1.24 bits per heavy atom. The largest absolute Gasteiger partial charge is 0.493 e. The summed E-state index contributed by atoms with van der Waals surface area (Å²) < 4.78 is 16.1. The summed E-state index contributed by atoms with van der Waals surface area (Å²) in [4.78, 5) is 26.1. The van der Waals surface area contributed by atoms with Crippen LogP contribution in [0.15, 0.2) is 12.1 Å². The molecule has 1 aromatic rings. The summed E-state index contributed by atoms with van der Waals surface area (Å²) in [5.41, 5.74) is 2.09. The quantitative estimate of drug-likeness (QED) is 0.818. The smallest absolute Gasteiger partial charge is 0.312 e. The molecule has 25 heavy (non-hydrogen) atoms. The fraction of sp³-hybridized carbons (Fsp3) is 0.556. The lowest BCUT2D eigenvalue weighted by Crippen LogP contribution is -2.46. The van der Waals surface area contributed by atoms with Crippen LogP contribution in [-0.2, 0) is 27.3 Å². The average molecular weight is 348 g/mol. The SMILES string of the molecule is COc1cc2c(cc1OC)CN(C(=O)C(=O)NCC1CCCO1)CC2. The van der Waals surface area contributed by atoms with Gasteiger partial charge in [-0.05, 0) is 42.5 Å². The van der Waals surface area contributed by atoms with Crippen molar-refractivity contribution in [2.75, 3.05) is 33.9 Å². The Hall–Kier alpha value is -2.28. The fourth-order valence-electron chi connectivity index (χ4n) is 3.29. The van der Waals surface area contributed by atoms with Crippen LogP contribution in [0.25, 0.3) is 0 Å². The molecule has 1 fully saturated rings. The maximum Gasteiger partial charge on any atom is 0.312 e. The lowest BCUT2D eigenvalue weighted by atomic mass is 9.98. The molecule has 1 atom stereocenters. The zero-order chi connectivity index (χ0) is 17.8. The molecule has 0 bridgehead atoms. The minimum atomic E-state index is -0.570. The minimum Gasteiger partial charge on any atom is -0.493 e. The van der Waals surface area contributed by atoms with E-state index in [1.165, 1.54) is 0 Å². The van der Waals surface area contributed by atoms with E-state index in [0.717, 1.165) is 30.6 Å². The van der Waals surface area contributed by atoms with E-state index in [1.807, 2.05) is 12.1 Å². The van der Waals surface area contributed by atoms with E-state index >= 15 is 0 Å². The van der Waals surface area contributed by atoms with Crippen LogP contribution in [-0.4, -0.2) is 56.7 Å². The summed E-state index contributed by atoms with van der Waals surface area (Å²) in [5, 5.41) is 2.69. The van der Waals surface area contributed by atoms with Crippen LogP contribution in [0.1, 0.15) is 24.0 Å². The van der Waals surface area contributed by atoms with Gasteiger partial charge in [-0.15, -0.1) is 0 Å². The molecule has 2 amide bonds. The number of methoxy groups -OCH3 is 2. The Labute approximate surface area is 147 Å². The van der Waals surface area contributed by atoms with Crippen molar-refractivity contribution < 1.29 is 23.8 Å². The molecule has 2 aliphatic heterocycles. The highest BCUT2D eigenvalue weighted by Crippen LogP contribution is 2.33. The molecule has 3 rings (SSSR count). The van der Waals surface area contributed by atoms with E-state index in [-0.39, 0.29) is 6.10 Å². The van der Waals surface area contributed by atoms with Crippen LogP contribution in [0.3, 0.4) is 0 Å². The van der Waals surface area contributed by atoms with Crippen LogP contribution in [0.4, 0.5) is 0 Å². The topological polar surface area (TPSA) is 77.1 Å². The highest BCUT2D eigenvalue weighted by atomic mass is 16.5. The van der Waals surface area contributed by atoms with Crippen molar-refractivity contribution in [2.24, 2.45) is 0 Å². The molecule has 1 aromatic carbocycles. The number of nitrogens with zero attached hydrogens (tertiary/aromatic N) is 1. The molecule has 136 valence electrons. The number of hydrogen-bond acceptors (Lipinski definition) is 5. The van der Waals surface area contributed by atoms with Gasteiger partial charge in [0.25, 0.3) is 0 Å². The highest BCUT2D eigenvalue weighted by molar-refractivity contribution is 6.35. The summed E-state index contributed by atoms with van der Waals surface area (Å²) in [6, 6.07) is 3.81. The Bertz CT molecular complexity index is 655. The number of ether oxygens (including phenoxy) is 3. The summed E-state index contributed by atoms with van der Waals surface area (Å²) >= 11 is 0. The zero-order valence-corrected chi connectivity index (χ0v) is 14.7. The van der Waals surface area contributed by atoms with Crippen molar-refractivity contribution in [1.29, 1.82) is 0 Å². The lowest BCUT2D eigenvalue weighted by Gasteiger charge is -2.29. The predicted molar refractivity (Wildman–Crippen MR) is 90.7 cm³/mol. The van der Waals surface area contributed by atoms with Gasteiger partial charge in [0.05, 0.1) is 20.3 Å². The van der Waals surface area contributed by atoms with Crippen molar-refractivity contribution in [3.63, 3.8) is 0 Å². The third kappa shape index (κ3) is 3.87. The number of carbonyl (C=O) groups excluding carboxylic acids is 2. The molecule has 7 heteroatoms. The highest BCUT2D eigenvalue weighted by Gasteiger charge is 2.27. The average Bonchev–Trinajstić information content (AvgIpc) is 3.17. The maximum absolute atomic E-state index is 12.4. The summed E-state index contributed by atoms with van der Waals surface area (Å²) in [6.07, 6.45) is 2.63. The second-order valence-electron chi connectivity index (χ2n) is 6.30. The van der Waals surface area contributed by atoms with Crippen LogP contribution >= 0.6 is 0 Å². The molecule has 2 aliphatic rings. The number of fused-ring (bicyclic) bond motifs is 1. The van der Waals surface area contributed by atoms with Gasteiger partial charge in [0.15, 0.2) is 11.5 Å². The molecule has 0 saturated carbocycles. The van der Waals surface area contributed by atoms with E-state index in [9.17, 15) is 9.59 Å². The third-order valence-electron chi connectivity index (χ3n) is 4.71. The van der Waals surface area contributed by atoms with E-state index in [0.29, 0.717) is 37.6 Å². The summed E-state index contributed by atoms with van der Waals surface area (Å²) in [5.74, 6) is 0.228. The first kappa shape index (κ1) is 17.5. The van der Waals surface area contributed by atoms with Crippen molar-refractivity contribution in [3.8, 4) is 11.5 Å². The summed E-state index contributed by atoms with van der Waals surface area (Å²) in [7, 11) is 3.18. The van der Waals surface area contributed by atoms with E-state index in [1.54, 1.807) is 19.1 Å². The van der Waals surface area contributed by atoms with Gasteiger partial charge >= 0.3 is 11.8 Å². The monoisotopic (exact) mass is 348 g/mol. The molecule has 0 spiro atoms. The van der Waals surface area contributed by atoms with Crippen molar-refractivity contribution in [2.45, 2.75) is 31.9 Å².